The molecular formula is C28H35N5O2. The average molecular weight is 474 g/mol. The number of hydrogen-bond acceptors (Lipinski definition) is 5. The van der Waals surface area contributed by atoms with Gasteiger partial charge in [-0.1, -0.05) is 31.0 Å². The summed E-state index contributed by atoms with van der Waals surface area (Å²) in [5.41, 5.74) is 3.78. The second-order valence-corrected chi connectivity index (χ2v) is 10.6. The van der Waals surface area contributed by atoms with Gasteiger partial charge >= 0.3 is 5.97 Å². The number of rotatable bonds is 6. The van der Waals surface area contributed by atoms with Crippen molar-refractivity contribution in [2.45, 2.75) is 57.3 Å². The molecule has 6 rings (SSSR count). The first-order valence-electron chi connectivity index (χ1n) is 13.4. The number of para-hydroxylation sites is 1. The zero-order valence-corrected chi connectivity index (χ0v) is 20.4. The van der Waals surface area contributed by atoms with Crippen LogP contribution in [0.15, 0.2) is 36.4 Å². The Morgan fingerprint density at radius 3 is 2.34 bits per heavy atom. The number of fused-ring (bicyclic) bond motifs is 1. The number of pyridine rings is 1. The highest BCUT2D eigenvalue weighted by molar-refractivity contribution is 5.98. The summed E-state index contributed by atoms with van der Waals surface area (Å²) in [5, 5.41) is 16.0. The molecule has 0 spiro atoms. The maximum absolute atomic E-state index is 12.1. The van der Waals surface area contributed by atoms with Crippen molar-refractivity contribution in [1.29, 1.82) is 0 Å². The zero-order chi connectivity index (χ0) is 23.8. The minimum Gasteiger partial charge on any atom is -0.477 e. The topological polar surface area (TPSA) is 74.5 Å². The number of aromatic carboxylic acids is 1. The molecule has 3 aliphatic rings. The van der Waals surface area contributed by atoms with Crippen LogP contribution in [-0.4, -0.2) is 63.5 Å². The number of benzene rings is 1. The van der Waals surface area contributed by atoms with Crippen LogP contribution in [0.3, 0.4) is 0 Å². The lowest BCUT2D eigenvalue weighted by Crippen LogP contribution is -2.40. The van der Waals surface area contributed by atoms with Gasteiger partial charge in [0.05, 0.1) is 22.5 Å². The Hall–Kier alpha value is -2.93. The molecule has 7 nitrogen and oxygen atoms in total. The molecule has 4 heterocycles. The van der Waals surface area contributed by atoms with E-state index in [4.69, 9.17) is 5.10 Å². The molecule has 2 saturated heterocycles. The molecule has 1 N–H and O–H groups in total. The van der Waals surface area contributed by atoms with Crippen LogP contribution in [0.4, 0.5) is 5.69 Å². The largest absolute Gasteiger partial charge is 0.477 e. The lowest BCUT2D eigenvalue weighted by molar-refractivity contribution is 0.0691. The second kappa shape index (κ2) is 9.61. The van der Waals surface area contributed by atoms with Crippen LogP contribution in [0.25, 0.3) is 16.7 Å². The van der Waals surface area contributed by atoms with Gasteiger partial charge in [-0.15, -0.1) is 0 Å². The minimum atomic E-state index is -0.987. The predicted octanol–water partition coefficient (Wildman–Crippen LogP) is 5.09. The Kier molecular flexibility index (Phi) is 6.19. The third-order valence-corrected chi connectivity index (χ3v) is 8.28. The van der Waals surface area contributed by atoms with Gasteiger partial charge in [0.1, 0.15) is 0 Å². The Morgan fingerprint density at radius 2 is 1.69 bits per heavy atom. The van der Waals surface area contributed by atoms with Crippen molar-refractivity contribution in [3.63, 3.8) is 0 Å². The molecule has 0 radical (unpaired) electrons. The van der Waals surface area contributed by atoms with Gasteiger partial charge in [0.25, 0.3) is 0 Å². The summed E-state index contributed by atoms with van der Waals surface area (Å²) in [6.07, 6.45) is 9.84. The standard InChI is InChI=1S/C28H35N5O2/c34-28(35)23-18-24(32-16-12-20(13-17-32)19-31-14-5-2-6-15-31)25-26(21-8-7-9-21)30-33(27(25)29-23)22-10-3-1-4-11-22/h1,3-4,10-11,18,20-21H,2,5-9,12-17,19H2,(H,34,35). The number of carbonyl (C=O) groups is 1. The molecular weight excluding hydrogens is 438 g/mol. The maximum atomic E-state index is 12.1. The summed E-state index contributed by atoms with van der Waals surface area (Å²) in [7, 11) is 0. The number of hydrogen-bond donors (Lipinski definition) is 1. The lowest BCUT2D eigenvalue weighted by atomic mass is 9.81. The molecule has 0 amide bonds. The predicted molar refractivity (Wildman–Crippen MR) is 138 cm³/mol. The first-order chi connectivity index (χ1) is 17.2. The summed E-state index contributed by atoms with van der Waals surface area (Å²) in [6, 6.07) is 11.8. The highest BCUT2D eigenvalue weighted by Gasteiger charge is 2.31. The highest BCUT2D eigenvalue weighted by atomic mass is 16.4. The molecule has 1 aromatic carbocycles. The van der Waals surface area contributed by atoms with E-state index in [9.17, 15) is 9.90 Å². The fourth-order valence-electron chi connectivity index (χ4n) is 6.06. The van der Waals surface area contributed by atoms with E-state index in [0.29, 0.717) is 11.6 Å². The molecule has 2 aliphatic heterocycles. The van der Waals surface area contributed by atoms with Gasteiger partial charge in [-0.3, -0.25) is 0 Å². The molecule has 0 atom stereocenters. The van der Waals surface area contributed by atoms with Gasteiger partial charge in [0, 0.05) is 25.6 Å². The first-order valence-corrected chi connectivity index (χ1v) is 13.4. The summed E-state index contributed by atoms with van der Waals surface area (Å²) >= 11 is 0. The van der Waals surface area contributed by atoms with Crippen molar-refractivity contribution in [3.05, 3.63) is 47.8 Å². The van der Waals surface area contributed by atoms with Crippen LogP contribution in [0.2, 0.25) is 0 Å². The first kappa shape index (κ1) is 22.5. The van der Waals surface area contributed by atoms with E-state index in [1.54, 1.807) is 6.07 Å². The Labute approximate surface area is 206 Å². The lowest BCUT2D eigenvalue weighted by Gasteiger charge is -2.37. The summed E-state index contributed by atoms with van der Waals surface area (Å²) in [6.45, 7) is 5.61. The van der Waals surface area contributed by atoms with Crippen LogP contribution in [0.5, 0.6) is 0 Å². The SMILES string of the molecule is O=C(O)c1cc(N2CCC(CN3CCCCC3)CC2)c2c(C3CCC3)nn(-c3ccccc3)c2n1. The molecule has 184 valence electrons. The van der Waals surface area contributed by atoms with E-state index >= 15 is 0 Å². The smallest absolute Gasteiger partial charge is 0.354 e. The van der Waals surface area contributed by atoms with Crippen LogP contribution < -0.4 is 4.90 Å². The number of piperidine rings is 2. The van der Waals surface area contributed by atoms with Crippen molar-refractivity contribution < 1.29 is 9.90 Å². The monoisotopic (exact) mass is 473 g/mol. The number of nitrogens with zero attached hydrogens (tertiary/aromatic N) is 5. The van der Waals surface area contributed by atoms with E-state index in [0.717, 1.165) is 67.1 Å². The van der Waals surface area contributed by atoms with Gasteiger partial charge in [-0.2, -0.15) is 5.10 Å². The van der Waals surface area contributed by atoms with Crippen LogP contribution in [0, 0.1) is 5.92 Å². The van der Waals surface area contributed by atoms with E-state index in [1.807, 2.05) is 35.0 Å². The molecule has 7 heteroatoms. The fraction of sp³-hybridized carbons (Fsp3) is 0.536. The molecule has 1 aliphatic carbocycles. The van der Waals surface area contributed by atoms with Crippen molar-refractivity contribution in [2.75, 3.05) is 37.6 Å². The molecule has 0 bridgehead atoms. The van der Waals surface area contributed by atoms with Gasteiger partial charge in [-0.05, 0) is 75.7 Å². The van der Waals surface area contributed by atoms with Crippen molar-refractivity contribution in [3.8, 4) is 5.69 Å². The van der Waals surface area contributed by atoms with Crippen LogP contribution in [-0.2, 0) is 0 Å². The Morgan fingerprint density at radius 1 is 0.943 bits per heavy atom. The molecule has 3 fully saturated rings. The molecule has 35 heavy (non-hydrogen) atoms. The number of carboxylic acid groups (broad SMARTS) is 1. The maximum Gasteiger partial charge on any atom is 0.354 e. The minimum absolute atomic E-state index is 0.0974. The summed E-state index contributed by atoms with van der Waals surface area (Å²) < 4.78 is 1.86. The number of aromatic nitrogens is 3. The second-order valence-electron chi connectivity index (χ2n) is 10.6. The summed E-state index contributed by atoms with van der Waals surface area (Å²) in [5.74, 6) is 0.160. The Balaban J connectivity index is 1.36. The Bertz CT molecular complexity index is 1190. The number of carboxylic acids is 1. The van der Waals surface area contributed by atoms with Gasteiger partial charge in [-0.25, -0.2) is 14.5 Å². The van der Waals surface area contributed by atoms with Crippen LogP contribution in [0.1, 0.15) is 73.5 Å². The third-order valence-electron chi connectivity index (χ3n) is 8.28. The number of anilines is 1. The van der Waals surface area contributed by atoms with Crippen molar-refractivity contribution >= 4 is 22.7 Å². The van der Waals surface area contributed by atoms with Crippen LogP contribution >= 0.6 is 0 Å². The van der Waals surface area contributed by atoms with Gasteiger partial charge < -0.3 is 14.9 Å². The van der Waals surface area contributed by atoms with E-state index in [2.05, 4.69) is 14.8 Å². The zero-order valence-electron chi connectivity index (χ0n) is 20.4. The number of likely N-dealkylation sites (tertiary alicyclic amines) is 1. The van der Waals surface area contributed by atoms with E-state index < -0.39 is 5.97 Å². The molecule has 0 unspecified atom stereocenters. The average Bonchev–Trinajstić information content (AvgIpc) is 3.23. The van der Waals surface area contributed by atoms with E-state index in [1.165, 1.54) is 45.3 Å². The van der Waals surface area contributed by atoms with Gasteiger partial charge in [0.15, 0.2) is 11.3 Å². The fourth-order valence-corrected chi connectivity index (χ4v) is 6.06. The van der Waals surface area contributed by atoms with Gasteiger partial charge in [0.2, 0.25) is 0 Å². The quantitative estimate of drug-likeness (QED) is 0.538. The van der Waals surface area contributed by atoms with E-state index in [-0.39, 0.29) is 5.69 Å². The molecule has 3 aromatic rings. The summed E-state index contributed by atoms with van der Waals surface area (Å²) in [4.78, 5) is 21.8. The van der Waals surface area contributed by atoms with Crippen molar-refractivity contribution in [2.24, 2.45) is 5.92 Å². The normalized spacial score (nSPS) is 20.3. The third kappa shape index (κ3) is 4.42. The van der Waals surface area contributed by atoms with Crippen molar-refractivity contribution in [1.82, 2.24) is 19.7 Å². The highest BCUT2D eigenvalue weighted by Crippen LogP contribution is 2.43. The molecule has 1 saturated carbocycles. The molecule has 2 aromatic heterocycles.